The molecule has 2 amide bonds. The molecule has 0 radical (unpaired) electrons. The zero-order valence-electron chi connectivity index (χ0n) is 18.2. The fourth-order valence-corrected chi connectivity index (χ4v) is 4.69. The SMILES string of the molecule is CC[C@@H](C(=O)NC1CCCC1)N(Cc1ccc(Cl)cc1Cl)C(=O)Cc1cccc(C)c1. The number of rotatable bonds is 8. The maximum atomic E-state index is 13.4. The zero-order chi connectivity index (χ0) is 22.4. The summed E-state index contributed by atoms with van der Waals surface area (Å²) < 4.78 is 0. The van der Waals surface area contributed by atoms with Gasteiger partial charge in [0.25, 0.3) is 0 Å². The van der Waals surface area contributed by atoms with Crippen molar-refractivity contribution < 1.29 is 9.59 Å². The maximum Gasteiger partial charge on any atom is 0.243 e. The van der Waals surface area contributed by atoms with E-state index in [2.05, 4.69) is 5.32 Å². The lowest BCUT2D eigenvalue weighted by Crippen LogP contribution is -2.51. The van der Waals surface area contributed by atoms with Gasteiger partial charge in [-0.25, -0.2) is 0 Å². The molecule has 0 unspecified atom stereocenters. The molecule has 0 spiro atoms. The molecule has 4 nitrogen and oxygen atoms in total. The molecule has 1 saturated carbocycles. The summed E-state index contributed by atoms with van der Waals surface area (Å²) in [5.41, 5.74) is 2.81. The molecule has 0 saturated heterocycles. The Balaban J connectivity index is 1.85. The first-order valence-corrected chi connectivity index (χ1v) is 11.7. The molecule has 1 aliphatic carbocycles. The highest BCUT2D eigenvalue weighted by atomic mass is 35.5. The molecule has 6 heteroatoms. The summed E-state index contributed by atoms with van der Waals surface area (Å²) in [6, 6.07) is 12.8. The van der Waals surface area contributed by atoms with E-state index in [0.29, 0.717) is 16.5 Å². The van der Waals surface area contributed by atoms with Crippen LogP contribution in [0.1, 0.15) is 55.7 Å². The molecule has 1 fully saturated rings. The summed E-state index contributed by atoms with van der Waals surface area (Å²) in [4.78, 5) is 28.2. The van der Waals surface area contributed by atoms with Crippen molar-refractivity contribution in [3.05, 3.63) is 69.2 Å². The average Bonchev–Trinajstić information content (AvgIpc) is 3.22. The number of hydrogen-bond donors (Lipinski definition) is 1. The van der Waals surface area contributed by atoms with E-state index < -0.39 is 6.04 Å². The van der Waals surface area contributed by atoms with Crippen LogP contribution in [-0.2, 0) is 22.6 Å². The Labute approximate surface area is 194 Å². The minimum atomic E-state index is -0.551. The molecular weight excluding hydrogens is 431 g/mol. The van der Waals surface area contributed by atoms with Gasteiger partial charge in [-0.2, -0.15) is 0 Å². The Bertz CT molecular complexity index is 925. The average molecular weight is 461 g/mol. The lowest BCUT2D eigenvalue weighted by atomic mass is 10.0. The van der Waals surface area contributed by atoms with Gasteiger partial charge in [0.1, 0.15) is 6.04 Å². The second-order valence-corrected chi connectivity index (χ2v) is 9.18. The van der Waals surface area contributed by atoms with Crippen molar-refractivity contribution in [2.45, 2.75) is 71.0 Å². The summed E-state index contributed by atoms with van der Waals surface area (Å²) in [7, 11) is 0. The molecule has 2 aromatic rings. The van der Waals surface area contributed by atoms with Gasteiger partial charge in [0, 0.05) is 22.6 Å². The van der Waals surface area contributed by atoms with Crippen molar-refractivity contribution in [3.63, 3.8) is 0 Å². The Hall–Kier alpha value is -2.04. The largest absolute Gasteiger partial charge is 0.352 e. The third-order valence-corrected chi connectivity index (χ3v) is 6.47. The number of benzene rings is 2. The van der Waals surface area contributed by atoms with Crippen LogP contribution in [0.5, 0.6) is 0 Å². The zero-order valence-corrected chi connectivity index (χ0v) is 19.7. The van der Waals surface area contributed by atoms with Gasteiger partial charge in [-0.3, -0.25) is 9.59 Å². The number of nitrogens with zero attached hydrogens (tertiary/aromatic N) is 1. The molecule has 0 aromatic heterocycles. The molecule has 0 aliphatic heterocycles. The molecule has 3 rings (SSSR count). The van der Waals surface area contributed by atoms with Crippen LogP contribution in [0.25, 0.3) is 0 Å². The van der Waals surface area contributed by atoms with Crippen LogP contribution in [0.2, 0.25) is 10.0 Å². The van der Waals surface area contributed by atoms with Crippen LogP contribution in [0.4, 0.5) is 0 Å². The number of nitrogens with one attached hydrogen (secondary N) is 1. The second kappa shape index (κ2) is 11.0. The van der Waals surface area contributed by atoms with Crippen molar-refractivity contribution in [1.29, 1.82) is 0 Å². The predicted molar refractivity (Wildman–Crippen MR) is 126 cm³/mol. The third-order valence-electron chi connectivity index (χ3n) is 5.88. The number of halogens is 2. The van der Waals surface area contributed by atoms with Crippen molar-refractivity contribution in [3.8, 4) is 0 Å². The van der Waals surface area contributed by atoms with Crippen molar-refractivity contribution in [1.82, 2.24) is 10.2 Å². The summed E-state index contributed by atoms with van der Waals surface area (Å²) in [6.07, 6.45) is 5.05. The minimum absolute atomic E-state index is 0.0860. The molecule has 1 aliphatic rings. The van der Waals surface area contributed by atoms with E-state index in [1.165, 1.54) is 0 Å². The third kappa shape index (κ3) is 6.47. The van der Waals surface area contributed by atoms with E-state index in [0.717, 1.165) is 42.4 Å². The van der Waals surface area contributed by atoms with Gasteiger partial charge in [0.05, 0.1) is 6.42 Å². The molecule has 1 N–H and O–H groups in total. The van der Waals surface area contributed by atoms with Crippen LogP contribution in [0.3, 0.4) is 0 Å². The second-order valence-electron chi connectivity index (χ2n) is 8.34. The first-order chi connectivity index (χ1) is 14.9. The number of carbonyl (C=O) groups is 2. The Kier molecular flexibility index (Phi) is 8.39. The summed E-state index contributed by atoms with van der Waals surface area (Å²) in [5, 5.41) is 4.19. The van der Waals surface area contributed by atoms with Gasteiger partial charge in [-0.05, 0) is 49.4 Å². The van der Waals surface area contributed by atoms with Gasteiger partial charge < -0.3 is 10.2 Å². The van der Waals surface area contributed by atoms with E-state index in [1.54, 1.807) is 17.0 Å². The van der Waals surface area contributed by atoms with Gasteiger partial charge in [0.2, 0.25) is 11.8 Å². The topological polar surface area (TPSA) is 49.4 Å². The van der Waals surface area contributed by atoms with E-state index >= 15 is 0 Å². The molecular formula is C25H30Cl2N2O2. The lowest BCUT2D eigenvalue weighted by Gasteiger charge is -2.32. The monoisotopic (exact) mass is 460 g/mol. The first-order valence-electron chi connectivity index (χ1n) is 11.0. The maximum absolute atomic E-state index is 13.4. The number of hydrogen-bond acceptors (Lipinski definition) is 2. The Morgan fingerprint density at radius 3 is 2.52 bits per heavy atom. The fraction of sp³-hybridized carbons (Fsp3) is 0.440. The normalized spacial score (nSPS) is 15.0. The van der Waals surface area contributed by atoms with Crippen LogP contribution >= 0.6 is 23.2 Å². The number of aryl methyl sites for hydroxylation is 1. The van der Waals surface area contributed by atoms with Crippen molar-refractivity contribution in [2.75, 3.05) is 0 Å². The van der Waals surface area contributed by atoms with Gasteiger partial charge in [-0.15, -0.1) is 0 Å². The van der Waals surface area contributed by atoms with E-state index in [9.17, 15) is 9.59 Å². The quantitative estimate of drug-likeness (QED) is 0.548. The number of carbonyl (C=O) groups excluding carboxylic acids is 2. The molecule has 31 heavy (non-hydrogen) atoms. The summed E-state index contributed by atoms with van der Waals surface area (Å²) >= 11 is 12.4. The molecule has 0 heterocycles. The summed E-state index contributed by atoms with van der Waals surface area (Å²) in [6.45, 7) is 4.20. The van der Waals surface area contributed by atoms with Gasteiger partial charge in [-0.1, -0.05) is 78.9 Å². The van der Waals surface area contributed by atoms with E-state index in [1.807, 2.05) is 44.2 Å². The van der Waals surface area contributed by atoms with E-state index in [-0.39, 0.29) is 30.8 Å². The molecule has 1 atom stereocenters. The van der Waals surface area contributed by atoms with Crippen molar-refractivity contribution >= 4 is 35.0 Å². The predicted octanol–water partition coefficient (Wildman–Crippen LogP) is 5.71. The molecule has 2 aromatic carbocycles. The fourth-order valence-electron chi connectivity index (χ4n) is 4.22. The van der Waals surface area contributed by atoms with Crippen molar-refractivity contribution in [2.24, 2.45) is 0 Å². The lowest BCUT2D eigenvalue weighted by molar-refractivity contribution is -0.141. The molecule has 166 valence electrons. The van der Waals surface area contributed by atoms with Gasteiger partial charge >= 0.3 is 0 Å². The first kappa shape index (κ1) is 23.6. The van der Waals surface area contributed by atoms with Crippen LogP contribution < -0.4 is 5.32 Å². The van der Waals surface area contributed by atoms with Gasteiger partial charge in [0.15, 0.2) is 0 Å². The number of amides is 2. The van der Waals surface area contributed by atoms with E-state index in [4.69, 9.17) is 23.2 Å². The molecule has 0 bridgehead atoms. The summed E-state index contributed by atoms with van der Waals surface area (Å²) in [5.74, 6) is -0.179. The van der Waals surface area contributed by atoms with Crippen LogP contribution in [0, 0.1) is 6.92 Å². The minimum Gasteiger partial charge on any atom is -0.352 e. The van der Waals surface area contributed by atoms with Crippen LogP contribution in [-0.4, -0.2) is 28.8 Å². The highest BCUT2D eigenvalue weighted by Crippen LogP contribution is 2.25. The Morgan fingerprint density at radius 1 is 1.13 bits per heavy atom. The smallest absolute Gasteiger partial charge is 0.243 e. The highest BCUT2D eigenvalue weighted by Gasteiger charge is 2.31. The highest BCUT2D eigenvalue weighted by molar-refractivity contribution is 6.35. The van der Waals surface area contributed by atoms with Crippen LogP contribution in [0.15, 0.2) is 42.5 Å². The Morgan fingerprint density at radius 2 is 1.87 bits per heavy atom. The standard InChI is InChI=1S/C25H30Cl2N2O2/c1-3-23(25(31)28-21-9-4-5-10-21)29(16-19-11-12-20(26)15-22(19)27)24(30)14-18-8-6-7-17(2)13-18/h6-8,11-13,15,21,23H,3-5,9-10,14,16H2,1-2H3,(H,28,31)/t23-/m0/s1.